The fourth-order valence-corrected chi connectivity index (χ4v) is 5.00. The van der Waals surface area contributed by atoms with E-state index < -0.39 is 6.10 Å². The lowest BCUT2D eigenvalue weighted by atomic mass is 9.84. The number of aliphatic hydroxyl groups is 1. The molecule has 0 unspecified atom stereocenters. The van der Waals surface area contributed by atoms with E-state index in [1.807, 2.05) is 49.4 Å². The third-order valence-corrected chi connectivity index (χ3v) is 6.77. The highest BCUT2D eigenvalue weighted by Crippen LogP contribution is 2.47. The minimum absolute atomic E-state index is 0.0644. The molecule has 2 aliphatic rings. The first-order chi connectivity index (χ1) is 17.5. The van der Waals surface area contributed by atoms with Gasteiger partial charge in [0.1, 0.15) is 18.0 Å². The summed E-state index contributed by atoms with van der Waals surface area (Å²) in [5.41, 5.74) is 3.08. The van der Waals surface area contributed by atoms with Gasteiger partial charge in [0.05, 0.1) is 30.7 Å². The van der Waals surface area contributed by atoms with Gasteiger partial charge in [-0.2, -0.15) is 0 Å². The van der Waals surface area contributed by atoms with Crippen LogP contribution in [-0.4, -0.2) is 46.8 Å². The van der Waals surface area contributed by atoms with E-state index in [9.17, 15) is 14.7 Å². The molecule has 1 fully saturated rings. The number of carbonyl (C=O) groups is 2. The zero-order valence-electron chi connectivity index (χ0n) is 20.0. The number of aliphatic hydroxyl groups excluding tert-OH is 1. The summed E-state index contributed by atoms with van der Waals surface area (Å²) in [7, 11) is 0. The Labute approximate surface area is 209 Å². The van der Waals surface area contributed by atoms with Crippen LogP contribution in [0.3, 0.4) is 0 Å². The number of nitrogens with zero attached hydrogens (tertiary/aromatic N) is 1. The predicted octanol–water partition coefficient (Wildman–Crippen LogP) is 3.60. The van der Waals surface area contributed by atoms with E-state index in [4.69, 9.17) is 9.47 Å². The van der Waals surface area contributed by atoms with Crippen molar-refractivity contribution in [2.24, 2.45) is 0 Å². The summed E-state index contributed by atoms with van der Waals surface area (Å²) in [4.78, 5) is 29.4. The number of anilines is 1. The molecular formula is C28H29N3O5. The molecule has 0 aliphatic carbocycles. The quantitative estimate of drug-likeness (QED) is 0.470. The van der Waals surface area contributed by atoms with Crippen LogP contribution in [0.1, 0.15) is 53.2 Å². The van der Waals surface area contributed by atoms with E-state index in [-0.39, 0.29) is 49.0 Å². The van der Waals surface area contributed by atoms with Crippen LogP contribution < -0.4 is 15.4 Å². The largest absolute Gasteiger partial charge is 0.487 e. The lowest BCUT2D eigenvalue weighted by Crippen LogP contribution is -2.47. The molecule has 3 heterocycles. The number of rotatable bonds is 7. The SMILES string of the molecule is C[C@@H](NC(=O)C[C@@H]1C[C@H]2c3cc(NC(=O)c4cccnc4)ccc3O[C@H]2[C@@H](CO)O1)c1ccccc1. The molecule has 0 radical (unpaired) electrons. The average molecular weight is 488 g/mol. The fraction of sp³-hybridized carbons (Fsp3) is 0.321. The maximum absolute atomic E-state index is 12.8. The maximum atomic E-state index is 12.8. The highest BCUT2D eigenvalue weighted by Gasteiger charge is 2.46. The van der Waals surface area contributed by atoms with Gasteiger partial charge in [-0.1, -0.05) is 30.3 Å². The third-order valence-electron chi connectivity index (χ3n) is 6.77. The summed E-state index contributed by atoms with van der Waals surface area (Å²) in [6.45, 7) is 1.74. The Kier molecular flexibility index (Phi) is 6.97. The van der Waals surface area contributed by atoms with Gasteiger partial charge in [0, 0.05) is 29.6 Å². The number of hydrogen-bond acceptors (Lipinski definition) is 6. The van der Waals surface area contributed by atoms with E-state index in [1.165, 1.54) is 6.20 Å². The summed E-state index contributed by atoms with van der Waals surface area (Å²) in [5, 5.41) is 15.9. The van der Waals surface area contributed by atoms with Crippen LogP contribution in [0.2, 0.25) is 0 Å². The lowest BCUT2D eigenvalue weighted by molar-refractivity contribution is -0.142. The van der Waals surface area contributed by atoms with Gasteiger partial charge in [0.15, 0.2) is 0 Å². The zero-order valence-corrected chi connectivity index (χ0v) is 20.0. The van der Waals surface area contributed by atoms with Gasteiger partial charge in [-0.15, -0.1) is 0 Å². The molecule has 2 amide bonds. The Morgan fingerprint density at radius 3 is 2.72 bits per heavy atom. The monoisotopic (exact) mass is 487 g/mol. The second kappa shape index (κ2) is 10.5. The Morgan fingerprint density at radius 2 is 1.97 bits per heavy atom. The molecule has 1 saturated heterocycles. The van der Waals surface area contributed by atoms with Crippen molar-refractivity contribution in [1.82, 2.24) is 10.3 Å². The normalized spacial score (nSPS) is 23.1. The molecule has 8 nitrogen and oxygen atoms in total. The summed E-state index contributed by atoms with van der Waals surface area (Å²) >= 11 is 0. The average Bonchev–Trinajstić information content (AvgIpc) is 3.27. The molecule has 186 valence electrons. The Hall–Kier alpha value is -3.75. The molecule has 0 saturated carbocycles. The first-order valence-corrected chi connectivity index (χ1v) is 12.1. The predicted molar refractivity (Wildman–Crippen MR) is 134 cm³/mol. The number of benzene rings is 2. The molecule has 5 rings (SSSR count). The van der Waals surface area contributed by atoms with Crippen LogP contribution in [0.4, 0.5) is 5.69 Å². The highest BCUT2D eigenvalue weighted by molar-refractivity contribution is 6.04. The molecule has 2 aliphatic heterocycles. The van der Waals surface area contributed by atoms with Crippen LogP contribution in [-0.2, 0) is 9.53 Å². The number of amides is 2. The number of fused-ring (bicyclic) bond motifs is 3. The van der Waals surface area contributed by atoms with Crippen molar-refractivity contribution < 1.29 is 24.2 Å². The number of hydrogen-bond donors (Lipinski definition) is 3. The van der Waals surface area contributed by atoms with Crippen molar-refractivity contribution in [3.8, 4) is 5.75 Å². The molecule has 3 N–H and O–H groups in total. The first-order valence-electron chi connectivity index (χ1n) is 12.1. The van der Waals surface area contributed by atoms with Crippen LogP contribution in [0.25, 0.3) is 0 Å². The van der Waals surface area contributed by atoms with Crippen molar-refractivity contribution in [3.63, 3.8) is 0 Å². The smallest absolute Gasteiger partial charge is 0.257 e. The summed E-state index contributed by atoms with van der Waals surface area (Å²) in [6.07, 6.45) is 2.62. The number of carbonyl (C=O) groups excluding carboxylic acids is 2. The summed E-state index contributed by atoms with van der Waals surface area (Å²) < 4.78 is 12.2. The number of pyridine rings is 1. The Balaban J connectivity index is 1.28. The van der Waals surface area contributed by atoms with Gasteiger partial charge in [-0.3, -0.25) is 14.6 Å². The lowest BCUT2D eigenvalue weighted by Gasteiger charge is -2.37. The van der Waals surface area contributed by atoms with Crippen molar-refractivity contribution in [2.45, 2.75) is 50.0 Å². The summed E-state index contributed by atoms with van der Waals surface area (Å²) in [6, 6.07) is 18.6. The molecule has 0 bridgehead atoms. The molecule has 5 atom stereocenters. The van der Waals surface area contributed by atoms with Crippen molar-refractivity contribution >= 4 is 17.5 Å². The molecule has 3 aromatic rings. The minimum atomic E-state index is -0.547. The molecule has 1 aromatic heterocycles. The van der Waals surface area contributed by atoms with E-state index in [2.05, 4.69) is 15.6 Å². The van der Waals surface area contributed by atoms with Gasteiger partial charge < -0.3 is 25.2 Å². The number of ether oxygens (including phenoxy) is 2. The van der Waals surface area contributed by atoms with Crippen molar-refractivity contribution in [2.75, 3.05) is 11.9 Å². The van der Waals surface area contributed by atoms with Gasteiger partial charge in [-0.05, 0) is 49.2 Å². The van der Waals surface area contributed by atoms with E-state index >= 15 is 0 Å². The van der Waals surface area contributed by atoms with Gasteiger partial charge in [0.2, 0.25) is 5.91 Å². The Morgan fingerprint density at radius 1 is 1.14 bits per heavy atom. The van der Waals surface area contributed by atoms with Gasteiger partial charge >= 0.3 is 0 Å². The number of aromatic nitrogens is 1. The second-order valence-corrected chi connectivity index (χ2v) is 9.26. The van der Waals surface area contributed by atoms with Gasteiger partial charge in [-0.25, -0.2) is 0 Å². The third kappa shape index (κ3) is 5.10. The Bertz CT molecular complexity index is 1220. The van der Waals surface area contributed by atoms with Crippen LogP contribution >= 0.6 is 0 Å². The zero-order chi connectivity index (χ0) is 25.1. The van der Waals surface area contributed by atoms with Crippen molar-refractivity contribution in [3.05, 3.63) is 89.7 Å². The maximum Gasteiger partial charge on any atom is 0.257 e. The van der Waals surface area contributed by atoms with E-state index in [0.29, 0.717) is 23.4 Å². The molecule has 36 heavy (non-hydrogen) atoms. The molecular weight excluding hydrogens is 458 g/mol. The standard InChI is InChI=1S/C28H29N3O5/c1-17(18-6-3-2-4-7-18)30-26(33)14-21-13-23-22-12-20(31-28(34)19-8-5-11-29-15-19)9-10-24(22)36-27(23)25(16-32)35-21/h2-12,15,17,21,23,25,27,32H,13-14,16H2,1H3,(H,30,33)(H,31,34)/t17-,21+,23+,25-,27-/m1/s1. The van der Waals surface area contributed by atoms with Crippen molar-refractivity contribution in [1.29, 1.82) is 0 Å². The molecule has 0 spiro atoms. The number of nitrogens with one attached hydrogen (secondary N) is 2. The second-order valence-electron chi connectivity index (χ2n) is 9.26. The summed E-state index contributed by atoms with van der Waals surface area (Å²) in [5.74, 6) is 0.281. The topological polar surface area (TPSA) is 110 Å². The van der Waals surface area contributed by atoms with Gasteiger partial charge in [0.25, 0.3) is 5.91 Å². The van der Waals surface area contributed by atoms with Crippen LogP contribution in [0, 0.1) is 0 Å². The van der Waals surface area contributed by atoms with E-state index in [0.717, 1.165) is 11.1 Å². The molecule has 2 aromatic carbocycles. The van der Waals surface area contributed by atoms with Crippen LogP contribution in [0.5, 0.6) is 5.75 Å². The van der Waals surface area contributed by atoms with Crippen LogP contribution in [0.15, 0.2) is 73.1 Å². The highest BCUT2D eigenvalue weighted by atomic mass is 16.6. The minimum Gasteiger partial charge on any atom is -0.487 e. The first kappa shape index (κ1) is 24.0. The fourth-order valence-electron chi connectivity index (χ4n) is 5.00. The molecule has 8 heteroatoms. The van der Waals surface area contributed by atoms with E-state index in [1.54, 1.807) is 24.4 Å².